The maximum Gasteiger partial charge on any atom is 0.256 e. The molecule has 3 heterocycles. The van der Waals surface area contributed by atoms with Gasteiger partial charge in [-0.05, 0) is 57.7 Å². The van der Waals surface area contributed by atoms with E-state index >= 15 is 0 Å². The second-order valence-corrected chi connectivity index (χ2v) is 9.68. The smallest absolute Gasteiger partial charge is 0.256 e. The molecule has 2 aliphatic rings. The summed E-state index contributed by atoms with van der Waals surface area (Å²) in [5, 5.41) is 6.23. The van der Waals surface area contributed by atoms with Crippen molar-refractivity contribution in [3.63, 3.8) is 0 Å². The van der Waals surface area contributed by atoms with Gasteiger partial charge in [-0.15, -0.1) is 0 Å². The lowest BCUT2D eigenvalue weighted by Crippen LogP contribution is -2.42. The van der Waals surface area contributed by atoms with Crippen LogP contribution in [0, 0.1) is 13.8 Å². The molecule has 196 valence electrons. The molecule has 1 aromatic carbocycles. The number of hydrogen-bond donors (Lipinski definition) is 3. The Morgan fingerprint density at radius 1 is 1.11 bits per heavy atom. The minimum absolute atomic E-state index is 0.000682. The van der Waals surface area contributed by atoms with Crippen LogP contribution in [0.15, 0.2) is 59.3 Å². The van der Waals surface area contributed by atoms with Gasteiger partial charge in [0.15, 0.2) is 0 Å². The zero-order valence-corrected chi connectivity index (χ0v) is 22.3. The summed E-state index contributed by atoms with van der Waals surface area (Å²) in [4.78, 5) is 31.9. The van der Waals surface area contributed by atoms with Gasteiger partial charge < -0.3 is 20.4 Å². The van der Waals surface area contributed by atoms with Crippen LogP contribution in [0.4, 0.5) is 0 Å². The lowest BCUT2D eigenvalue weighted by atomic mass is 10.0. The number of nitrogens with zero attached hydrogens (tertiary/aromatic N) is 1. The van der Waals surface area contributed by atoms with Gasteiger partial charge in [0.05, 0.1) is 24.4 Å². The fourth-order valence-corrected chi connectivity index (χ4v) is 5.15. The molecule has 0 aliphatic carbocycles. The number of ether oxygens (including phenoxy) is 1. The molecule has 0 radical (unpaired) electrons. The van der Waals surface area contributed by atoms with E-state index in [4.69, 9.17) is 4.74 Å². The molecule has 37 heavy (non-hydrogen) atoms. The molecule has 0 bridgehead atoms. The SMILES string of the molecule is C/C=C1C(=C/c2[nH]c(C)c(C(=O)N[C@H](CCN3CCOCC3)Cc3ccccc3)c2C)/C(=O)NC/1=C/C. The van der Waals surface area contributed by atoms with Gasteiger partial charge in [0.2, 0.25) is 0 Å². The number of H-pyrrole nitrogens is 1. The Morgan fingerprint density at radius 2 is 1.84 bits per heavy atom. The number of aromatic nitrogens is 1. The molecule has 1 atom stereocenters. The number of rotatable bonds is 8. The molecule has 7 heteroatoms. The van der Waals surface area contributed by atoms with Crippen LogP contribution in [0.3, 0.4) is 0 Å². The second-order valence-electron chi connectivity index (χ2n) is 9.68. The van der Waals surface area contributed by atoms with Gasteiger partial charge in [-0.1, -0.05) is 42.5 Å². The number of allylic oxidation sites excluding steroid dienone is 3. The highest BCUT2D eigenvalue weighted by molar-refractivity contribution is 6.09. The summed E-state index contributed by atoms with van der Waals surface area (Å²) in [5.41, 5.74) is 6.53. The van der Waals surface area contributed by atoms with Gasteiger partial charge in [0, 0.05) is 48.3 Å². The summed E-state index contributed by atoms with van der Waals surface area (Å²) in [5.74, 6) is -0.222. The Bertz CT molecular complexity index is 1220. The molecule has 2 fully saturated rings. The highest BCUT2D eigenvalue weighted by Crippen LogP contribution is 2.29. The predicted octanol–water partition coefficient (Wildman–Crippen LogP) is 4.06. The molecular formula is C30H38N4O3. The van der Waals surface area contributed by atoms with Crippen molar-refractivity contribution in [3.8, 4) is 0 Å². The van der Waals surface area contributed by atoms with Crippen LogP contribution >= 0.6 is 0 Å². The number of carbonyl (C=O) groups is 2. The van der Waals surface area contributed by atoms with Gasteiger partial charge in [-0.25, -0.2) is 0 Å². The van der Waals surface area contributed by atoms with Gasteiger partial charge in [-0.3, -0.25) is 14.5 Å². The first-order valence-corrected chi connectivity index (χ1v) is 13.1. The van der Waals surface area contributed by atoms with E-state index < -0.39 is 0 Å². The minimum atomic E-state index is -0.134. The zero-order valence-electron chi connectivity index (χ0n) is 22.3. The molecule has 7 nitrogen and oxygen atoms in total. The fraction of sp³-hybridized carbons (Fsp3) is 0.400. The largest absolute Gasteiger partial charge is 0.379 e. The Hall–Kier alpha value is -3.42. The number of benzene rings is 1. The maximum atomic E-state index is 13.6. The quantitative estimate of drug-likeness (QED) is 0.475. The summed E-state index contributed by atoms with van der Waals surface area (Å²) >= 11 is 0. The van der Waals surface area contributed by atoms with Crippen molar-refractivity contribution in [2.24, 2.45) is 0 Å². The third kappa shape index (κ3) is 6.29. The van der Waals surface area contributed by atoms with Crippen LogP contribution in [0.25, 0.3) is 6.08 Å². The van der Waals surface area contributed by atoms with Crippen LogP contribution in [0.5, 0.6) is 0 Å². The monoisotopic (exact) mass is 502 g/mol. The molecule has 2 aliphatic heterocycles. The van der Waals surface area contributed by atoms with E-state index in [1.807, 2.05) is 64.1 Å². The van der Waals surface area contributed by atoms with Crippen molar-refractivity contribution in [2.45, 2.75) is 46.6 Å². The number of nitrogens with one attached hydrogen (secondary N) is 3. The van der Waals surface area contributed by atoms with Gasteiger partial charge in [-0.2, -0.15) is 0 Å². The molecule has 2 amide bonds. The van der Waals surface area contributed by atoms with E-state index in [1.165, 1.54) is 5.56 Å². The topological polar surface area (TPSA) is 86.5 Å². The van der Waals surface area contributed by atoms with E-state index in [1.54, 1.807) is 0 Å². The van der Waals surface area contributed by atoms with Crippen LogP contribution in [-0.2, 0) is 16.0 Å². The normalized spacial score (nSPS) is 20.5. The van der Waals surface area contributed by atoms with E-state index in [-0.39, 0.29) is 17.9 Å². The third-order valence-corrected chi connectivity index (χ3v) is 7.20. The summed E-state index contributed by atoms with van der Waals surface area (Å²) in [7, 11) is 0. The number of aryl methyl sites for hydroxylation is 1. The van der Waals surface area contributed by atoms with Crippen LogP contribution in [-0.4, -0.2) is 60.6 Å². The number of morpholine rings is 1. The Balaban J connectivity index is 1.54. The average Bonchev–Trinajstić information content (AvgIpc) is 3.37. The molecule has 4 rings (SSSR count). The molecule has 0 saturated carbocycles. The lowest BCUT2D eigenvalue weighted by Gasteiger charge is -2.28. The van der Waals surface area contributed by atoms with E-state index in [0.29, 0.717) is 11.1 Å². The number of hydrogen-bond acceptors (Lipinski definition) is 4. The zero-order chi connectivity index (χ0) is 26.4. The predicted molar refractivity (Wildman–Crippen MR) is 147 cm³/mol. The van der Waals surface area contributed by atoms with Crippen molar-refractivity contribution in [1.29, 1.82) is 0 Å². The molecular weight excluding hydrogens is 464 g/mol. The fourth-order valence-electron chi connectivity index (χ4n) is 5.15. The first kappa shape index (κ1) is 26.6. The van der Waals surface area contributed by atoms with Gasteiger partial charge in [0.25, 0.3) is 11.8 Å². The van der Waals surface area contributed by atoms with Crippen LogP contribution in [0.1, 0.15) is 53.1 Å². The van der Waals surface area contributed by atoms with Crippen LogP contribution < -0.4 is 10.6 Å². The first-order chi connectivity index (χ1) is 17.9. The average molecular weight is 503 g/mol. The Kier molecular flexibility index (Phi) is 8.79. The molecule has 0 spiro atoms. The molecule has 2 aromatic rings. The first-order valence-electron chi connectivity index (χ1n) is 13.1. The van der Waals surface area contributed by atoms with Crippen molar-refractivity contribution in [2.75, 3.05) is 32.8 Å². The molecule has 1 aromatic heterocycles. The number of aromatic amines is 1. The van der Waals surface area contributed by atoms with Gasteiger partial charge >= 0.3 is 0 Å². The van der Waals surface area contributed by atoms with Crippen molar-refractivity contribution in [1.82, 2.24) is 20.5 Å². The Morgan fingerprint density at radius 3 is 2.51 bits per heavy atom. The van der Waals surface area contributed by atoms with Crippen molar-refractivity contribution < 1.29 is 14.3 Å². The molecule has 0 unspecified atom stereocenters. The number of amides is 2. The van der Waals surface area contributed by atoms with E-state index in [9.17, 15) is 9.59 Å². The lowest BCUT2D eigenvalue weighted by molar-refractivity contribution is -0.115. The minimum Gasteiger partial charge on any atom is -0.379 e. The van der Waals surface area contributed by atoms with E-state index in [2.05, 4.69) is 32.7 Å². The highest BCUT2D eigenvalue weighted by atomic mass is 16.5. The summed E-state index contributed by atoms with van der Waals surface area (Å²) < 4.78 is 5.48. The standard InChI is InChI=1S/C30H38N4O3/c1-5-24-25(29(35)33-26(24)6-2)19-27-20(3)28(21(4)31-27)30(36)32-23(18-22-10-8-7-9-11-22)12-13-34-14-16-37-17-15-34/h5-11,19,23,31H,12-18H2,1-4H3,(H,32,36)(H,33,35)/b24-5-,25-19-,26-6+/t23-/m1/s1. The van der Waals surface area contributed by atoms with Crippen molar-refractivity contribution >= 4 is 17.9 Å². The Labute approximate surface area is 219 Å². The highest BCUT2D eigenvalue weighted by Gasteiger charge is 2.27. The molecule has 2 saturated heterocycles. The molecule has 3 N–H and O–H groups in total. The van der Waals surface area contributed by atoms with E-state index in [0.717, 1.165) is 73.9 Å². The summed E-state index contributed by atoms with van der Waals surface area (Å²) in [6.45, 7) is 12.0. The van der Waals surface area contributed by atoms with Crippen molar-refractivity contribution in [3.05, 3.63) is 87.4 Å². The third-order valence-electron chi connectivity index (χ3n) is 7.20. The summed E-state index contributed by atoms with van der Waals surface area (Å²) in [6, 6.07) is 10.3. The second kappa shape index (κ2) is 12.2. The van der Waals surface area contributed by atoms with Gasteiger partial charge in [0.1, 0.15) is 0 Å². The summed E-state index contributed by atoms with van der Waals surface area (Å²) in [6.07, 6.45) is 7.30. The number of carbonyl (C=O) groups excluding carboxylic acids is 2. The maximum absolute atomic E-state index is 13.6. The van der Waals surface area contributed by atoms with Crippen LogP contribution in [0.2, 0.25) is 0 Å².